The van der Waals surface area contributed by atoms with Gasteiger partial charge in [0, 0.05) is 5.57 Å². The Morgan fingerprint density at radius 2 is 1.10 bits per heavy atom. The molecule has 0 aromatic carbocycles. The minimum absolute atomic E-state index is 0.0552. The molecule has 1 rings (SSSR count). The van der Waals surface area contributed by atoms with E-state index in [1.807, 2.05) is 13.0 Å². The van der Waals surface area contributed by atoms with Gasteiger partial charge in [0.15, 0.2) is 0 Å². The Hall–Kier alpha value is -1.39. The molecule has 41 heavy (non-hydrogen) atoms. The molecule has 1 heterocycles. The highest BCUT2D eigenvalue weighted by atomic mass is 16.5. The lowest BCUT2D eigenvalue weighted by Gasteiger charge is -2.17. The first-order chi connectivity index (χ1) is 20.0. The van der Waals surface area contributed by atoms with E-state index in [2.05, 4.69) is 31.2 Å². The van der Waals surface area contributed by atoms with Gasteiger partial charge < -0.3 is 14.9 Å². The number of ether oxygens (including phenoxy) is 1. The van der Waals surface area contributed by atoms with Crippen molar-refractivity contribution in [1.82, 2.24) is 0 Å². The molecule has 1 aliphatic heterocycles. The van der Waals surface area contributed by atoms with Crippen LogP contribution >= 0.6 is 0 Å². The van der Waals surface area contributed by atoms with Crippen molar-refractivity contribution in [2.75, 3.05) is 0 Å². The molecular formula is C37H66O4. The molecule has 238 valence electrons. The van der Waals surface area contributed by atoms with E-state index >= 15 is 0 Å². The predicted octanol–water partition coefficient (Wildman–Crippen LogP) is 10.5. The number of hydrogen-bond donors (Lipinski definition) is 2. The molecule has 0 amide bonds. The molecule has 0 fully saturated rings. The maximum atomic E-state index is 11.6. The quantitative estimate of drug-likeness (QED) is 0.0530. The average molecular weight is 575 g/mol. The van der Waals surface area contributed by atoms with E-state index in [1.165, 1.54) is 96.3 Å². The fourth-order valence-corrected chi connectivity index (χ4v) is 5.61. The summed E-state index contributed by atoms with van der Waals surface area (Å²) in [6, 6.07) is 0. The van der Waals surface area contributed by atoms with Crippen LogP contribution in [0.1, 0.15) is 174 Å². The maximum absolute atomic E-state index is 11.6. The molecule has 0 aromatic heterocycles. The third-order valence-corrected chi connectivity index (χ3v) is 8.32. The van der Waals surface area contributed by atoms with E-state index in [0.29, 0.717) is 12.8 Å². The van der Waals surface area contributed by atoms with Gasteiger partial charge >= 0.3 is 5.97 Å². The highest BCUT2D eigenvalue weighted by Gasteiger charge is 2.21. The van der Waals surface area contributed by atoms with Crippen LogP contribution in [-0.2, 0) is 9.53 Å². The van der Waals surface area contributed by atoms with Crippen LogP contribution in [0.2, 0.25) is 0 Å². The summed E-state index contributed by atoms with van der Waals surface area (Å²) in [5.74, 6) is -0.130. The van der Waals surface area contributed by atoms with Crippen molar-refractivity contribution >= 4 is 5.97 Å². The molecule has 3 unspecified atom stereocenters. The van der Waals surface area contributed by atoms with E-state index in [-0.39, 0.29) is 12.1 Å². The van der Waals surface area contributed by atoms with Crippen LogP contribution in [-0.4, -0.2) is 34.5 Å². The number of unbranched alkanes of at least 4 members (excludes halogenated alkanes) is 18. The Kier molecular flexibility index (Phi) is 25.2. The van der Waals surface area contributed by atoms with Gasteiger partial charge in [0.25, 0.3) is 0 Å². The van der Waals surface area contributed by atoms with Crippen LogP contribution in [0.5, 0.6) is 0 Å². The zero-order chi connectivity index (χ0) is 29.8. The number of esters is 1. The molecule has 0 aromatic rings. The van der Waals surface area contributed by atoms with Crippen molar-refractivity contribution in [3.05, 3.63) is 36.0 Å². The van der Waals surface area contributed by atoms with Crippen LogP contribution in [0.25, 0.3) is 0 Å². The summed E-state index contributed by atoms with van der Waals surface area (Å²) in [5, 5.41) is 20.5. The first-order valence-corrected chi connectivity index (χ1v) is 17.6. The first kappa shape index (κ1) is 37.6. The number of carbonyl (C=O) groups excluding carboxylic acids is 1. The van der Waals surface area contributed by atoms with E-state index in [0.717, 1.165) is 56.9 Å². The lowest BCUT2D eigenvalue weighted by Crippen LogP contribution is -2.25. The Balaban J connectivity index is 1.83. The fourth-order valence-electron chi connectivity index (χ4n) is 5.61. The number of rotatable bonds is 29. The Morgan fingerprint density at radius 3 is 1.66 bits per heavy atom. The van der Waals surface area contributed by atoms with Crippen LogP contribution in [0.15, 0.2) is 36.0 Å². The third-order valence-electron chi connectivity index (χ3n) is 8.32. The second-order valence-corrected chi connectivity index (χ2v) is 12.4. The zero-order valence-electron chi connectivity index (χ0n) is 27.0. The van der Waals surface area contributed by atoms with Gasteiger partial charge in [-0.25, -0.2) is 4.79 Å². The zero-order valence-corrected chi connectivity index (χ0v) is 27.0. The van der Waals surface area contributed by atoms with Crippen LogP contribution < -0.4 is 0 Å². The average Bonchev–Trinajstić information content (AvgIpc) is 3.29. The van der Waals surface area contributed by atoms with Crippen LogP contribution in [0, 0.1) is 0 Å². The molecule has 4 nitrogen and oxygen atoms in total. The molecule has 1 aliphatic rings. The van der Waals surface area contributed by atoms with Crippen molar-refractivity contribution in [3.8, 4) is 0 Å². The van der Waals surface area contributed by atoms with Gasteiger partial charge in [0.2, 0.25) is 0 Å². The number of aliphatic hydroxyl groups excluding tert-OH is 2. The van der Waals surface area contributed by atoms with Gasteiger partial charge in [-0.2, -0.15) is 0 Å². The standard InChI is InChI=1S/C37H66O4/c1-3-4-5-6-7-8-9-10-11-12-13-14-15-16-17-21-24-27-30-35(38)36(39)31-28-25-22-19-18-20-23-26-29-34-32-33(2)41-37(34)40/h14-15,21,24,32-33,35-36,38-39H,3-13,16-20,22-23,25-31H2,1-2H3/b15-14-,24-21-. The Bertz CT molecular complexity index is 695. The summed E-state index contributed by atoms with van der Waals surface area (Å²) >= 11 is 0. The minimum Gasteiger partial charge on any atom is -0.455 e. The highest BCUT2D eigenvalue weighted by molar-refractivity contribution is 5.90. The van der Waals surface area contributed by atoms with Gasteiger partial charge in [-0.05, 0) is 70.8 Å². The predicted molar refractivity (Wildman–Crippen MR) is 175 cm³/mol. The van der Waals surface area contributed by atoms with Crippen molar-refractivity contribution < 1.29 is 19.7 Å². The van der Waals surface area contributed by atoms with Crippen molar-refractivity contribution in [3.63, 3.8) is 0 Å². The summed E-state index contributed by atoms with van der Waals surface area (Å²) in [6.07, 6.45) is 39.2. The number of cyclic esters (lactones) is 1. The molecule has 2 N–H and O–H groups in total. The minimum atomic E-state index is -0.615. The summed E-state index contributed by atoms with van der Waals surface area (Å²) in [6.45, 7) is 4.18. The maximum Gasteiger partial charge on any atom is 0.334 e. The molecule has 0 saturated heterocycles. The molecule has 0 radical (unpaired) electrons. The summed E-state index contributed by atoms with van der Waals surface area (Å²) in [4.78, 5) is 11.6. The van der Waals surface area contributed by atoms with E-state index < -0.39 is 12.2 Å². The van der Waals surface area contributed by atoms with Gasteiger partial charge in [-0.1, -0.05) is 134 Å². The van der Waals surface area contributed by atoms with Crippen molar-refractivity contribution in [1.29, 1.82) is 0 Å². The second kappa shape index (κ2) is 27.4. The van der Waals surface area contributed by atoms with Crippen LogP contribution in [0.4, 0.5) is 0 Å². The normalized spacial score (nSPS) is 17.0. The van der Waals surface area contributed by atoms with Gasteiger partial charge in [0.05, 0.1) is 12.2 Å². The van der Waals surface area contributed by atoms with E-state index in [4.69, 9.17) is 4.74 Å². The molecule has 0 spiro atoms. The Labute approximate surface area is 254 Å². The topological polar surface area (TPSA) is 66.8 Å². The summed E-state index contributed by atoms with van der Waals surface area (Å²) in [5.41, 5.74) is 0.854. The summed E-state index contributed by atoms with van der Waals surface area (Å²) in [7, 11) is 0. The number of carbonyl (C=O) groups is 1. The van der Waals surface area contributed by atoms with Crippen molar-refractivity contribution in [2.45, 2.75) is 193 Å². The van der Waals surface area contributed by atoms with E-state index in [9.17, 15) is 15.0 Å². The monoisotopic (exact) mass is 574 g/mol. The molecule has 4 heteroatoms. The molecule has 3 atom stereocenters. The lowest BCUT2D eigenvalue weighted by molar-refractivity contribution is -0.139. The van der Waals surface area contributed by atoms with Crippen molar-refractivity contribution in [2.24, 2.45) is 0 Å². The summed E-state index contributed by atoms with van der Waals surface area (Å²) < 4.78 is 5.13. The SMILES string of the molecule is CCCCCCCCCCCC/C=C\CC/C=C\CCC(O)C(O)CCCCCCCCCCC1=CC(C)OC1=O. The molecular weight excluding hydrogens is 508 g/mol. The number of hydrogen-bond acceptors (Lipinski definition) is 4. The largest absolute Gasteiger partial charge is 0.455 e. The van der Waals surface area contributed by atoms with Gasteiger partial charge in [-0.3, -0.25) is 0 Å². The lowest BCUT2D eigenvalue weighted by atomic mass is 10.0. The molecule has 0 aliphatic carbocycles. The third kappa shape index (κ3) is 22.8. The first-order valence-electron chi connectivity index (χ1n) is 17.6. The molecule has 0 saturated carbocycles. The number of allylic oxidation sites excluding steroid dienone is 4. The van der Waals surface area contributed by atoms with Crippen LogP contribution in [0.3, 0.4) is 0 Å². The van der Waals surface area contributed by atoms with Gasteiger partial charge in [0.1, 0.15) is 6.10 Å². The molecule has 0 bridgehead atoms. The second-order valence-electron chi connectivity index (χ2n) is 12.4. The highest BCUT2D eigenvalue weighted by Crippen LogP contribution is 2.20. The smallest absolute Gasteiger partial charge is 0.334 e. The Morgan fingerprint density at radius 1 is 0.634 bits per heavy atom. The van der Waals surface area contributed by atoms with Gasteiger partial charge in [-0.15, -0.1) is 0 Å². The number of aliphatic hydroxyl groups is 2. The van der Waals surface area contributed by atoms with E-state index in [1.54, 1.807) is 0 Å². The fraction of sp³-hybridized carbons (Fsp3) is 0.811.